The molecule has 1 unspecified atom stereocenters. The third-order valence-electron chi connectivity index (χ3n) is 5.75. The molecule has 4 rings (SSSR count). The molecule has 2 aromatic carbocycles. The lowest BCUT2D eigenvalue weighted by atomic mass is 10.0. The maximum Gasteiger partial charge on any atom is 0.165 e. The number of methoxy groups -OCH3 is 1. The minimum Gasteiger partial charge on any atom is -0.497 e. The monoisotopic (exact) mass is 412 g/mol. The molecule has 1 saturated heterocycles. The molecule has 2 heterocycles. The standard InChI is InChI=1S/C24H32N2O4/c1-24(2)15-18-6-4-9-22(23(18)30-24)29-17-20(27)16-25-10-12-26(13-11-25)19-7-5-8-21(14-19)28-3/h4-9,14,20,27H,10-13,15-17H2,1-3H3. The number of nitrogens with zero attached hydrogens (tertiary/aromatic N) is 2. The lowest BCUT2D eigenvalue weighted by molar-refractivity contribution is 0.0632. The highest BCUT2D eigenvalue weighted by Crippen LogP contribution is 2.41. The van der Waals surface area contributed by atoms with Crippen LogP contribution in [0.5, 0.6) is 17.2 Å². The summed E-state index contributed by atoms with van der Waals surface area (Å²) < 4.78 is 17.3. The van der Waals surface area contributed by atoms with Gasteiger partial charge >= 0.3 is 0 Å². The van der Waals surface area contributed by atoms with Crippen LogP contribution >= 0.6 is 0 Å². The van der Waals surface area contributed by atoms with E-state index in [-0.39, 0.29) is 12.2 Å². The fourth-order valence-electron chi connectivity index (χ4n) is 4.23. The molecule has 0 aromatic heterocycles. The van der Waals surface area contributed by atoms with E-state index in [1.54, 1.807) is 7.11 Å². The van der Waals surface area contributed by atoms with E-state index >= 15 is 0 Å². The van der Waals surface area contributed by atoms with Crippen LogP contribution in [-0.2, 0) is 6.42 Å². The fraction of sp³-hybridized carbons (Fsp3) is 0.500. The summed E-state index contributed by atoms with van der Waals surface area (Å²) in [6, 6.07) is 14.2. The summed E-state index contributed by atoms with van der Waals surface area (Å²) in [7, 11) is 1.69. The van der Waals surface area contributed by atoms with E-state index in [4.69, 9.17) is 14.2 Å². The van der Waals surface area contributed by atoms with Crippen LogP contribution < -0.4 is 19.1 Å². The summed E-state index contributed by atoms with van der Waals surface area (Å²) in [5.41, 5.74) is 2.14. The van der Waals surface area contributed by atoms with Crippen molar-refractivity contribution in [3.8, 4) is 17.2 Å². The number of ether oxygens (including phenoxy) is 3. The van der Waals surface area contributed by atoms with Crippen LogP contribution in [0.25, 0.3) is 0 Å². The lowest BCUT2D eigenvalue weighted by Gasteiger charge is -2.37. The van der Waals surface area contributed by atoms with Gasteiger partial charge in [0.1, 0.15) is 24.1 Å². The van der Waals surface area contributed by atoms with Crippen molar-refractivity contribution in [3.63, 3.8) is 0 Å². The molecule has 30 heavy (non-hydrogen) atoms. The van der Waals surface area contributed by atoms with Crippen LogP contribution in [0.1, 0.15) is 19.4 Å². The SMILES string of the molecule is COc1cccc(N2CCN(CC(O)COc3cccc4c3OC(C)(C)C4)CC2)c1. The molecule has 0 saturated carbocycles. The van der Waals surface area contributed by atoms with Crippen molar-refractivity contribution in [1.29, 1.82) is 0 Å². The predicted molar refractivity (Wildman–Crippen MR) is 118 cm³/mol. The molecular formula is C24H32N2O4. The second-order valence-corrected chi connectivity index (χ2v) is 8.74. The Hall–Kier alpha value is -2.44. The smallest absolute Gasteiger partial charge is 0.165 e. The van der Waals surface area contributed by atoms with Crippen LogP contribution in [0.3, 0.4) is 0 Å². The number of hydrogen-bond acceptors (Lipinski definition) is 6. The summed E-state index contributed by atoms with van der Waals surface area (Å²) >= 11 is 0. The first-order chi connectivity index (χ1) is 14.4. The van der Waals surface area contributed by atoms with Crippen LogP contribution in [0, 0.1) is 0 Å². The number of benzene rings is 2. The molecule has 2 aliphatic rings. The third kappa shape index (κ3) is 4.82. The number of β-amino-alcohol motifs (C(OH)–C–C–N with tert-alkyl or cyclic N) is 1. The Morgan fingerprint density at radius 1 is 1.10 bits per heavy atom. The second-order valence-electron chi connectivity index (χ2n) is 8.74. The molecule has 0 aliphatic carbocycles. The number of piperazine rings is 1. The van der Waals surface area contributed by atoms with Gasteiger partial charge in [-0.05, 0) is 32.0 Å². The van der Waals surface area contributed by atoms with Crippen LogP contribution in [-0.4, -0.2) is 68.2 Å². The molecule has 6 heteroatoms. The van der Waals surface area contributed by atoms with Gasteiger partial charge in [0.05, 0.1) is 7.11 Å². The first-order valence-electron chi connectivity index (χ1n) is 10.7. The normalized spacial score (nSPS) is 19.1. The second kappa shape index (κ2) is 8.74. The molecule has 1 atom stereocenters. The number of hydrogen-bond donors (Lipinski definition) is 1. The van der Waals surface area contributed by atoms with E-state index in [9.17, 15) is 5.11 Å². The van der Waals surface area contributed by atoms with Crippen molar-refractivity contribution >= 4 is 5.69 Å². The maximum absolute atomic E-state index is 10.5. The number of aliphatic hydroxyl groups is 1. The van der Waals surface area contributed by atoms with E-state index < -0.39 is 6.10 Å². The average molecular weight is 413 g/mol. The van der Waals surface area contributed by atoms with E-state index in [1.807, 2.05) is 24.3 Å². The Morgan fingerprint density at radius 2 is 1.87 bits per heavy atom. The van der Waals surface area contributed by atoms with Crippen molar-refractivity contribution in [2.24, 2.45) is 0 Å². The van der Waals surface area contributed by atoms with Crippen molar-refractivity contribution in [2.45, 2.75) is 32.0 Å². The van der Waals surface area contributed by atoms with E-state index in [0.29, 0.717) is 6.54 Å². The number of aliphatic hydroxyl groups excluding tert-OH is 1. The Morgan fingerprint density at radius 3 is 2.63 bits per heavy atom. The predicted octanol–water partition coefficient (Wildman–Crippen LogP) is 2.97. The van der Waals surface area contributed by atoms with Crippen LogP contribution in [0.15, 0.2) is 42.5 Å². The number of anilines is 1. The molecule has 0 amide bonds. The molecule has 1 N–H and O–H groups in total. The van der Waals surface area contributed by atoms with Gasteiger partial charge < -0.3 is 24.2 Å². The van der Waals surface area contributed by atoms with Gasteiger partial charge in [-0.3, -0.25) is 4.90 Å². The topological polar surface area (TPSA) is 54.4 Å². The minimum atomic E-state index is -0.543. The number of para-hydroxylation sites is 1. The van der Waals surface area contributed by atoms with Crippen LogP contribution in [0.4, 0.5) is 5.69 Å². The van der Waals surface area contributed by atoms with Gasteiger partial charge in [-0.1, -0.05) is 18.2 Å². The van der Waals surface area contributed by atoms with Crippen molar-refractivity contribution in [1.82, 2.24) is 4.90 Å². The van der Waals surface area contributed by atoms with Gasteiger partial charge in [-0.15, -0.1) is 0 Å². The molecule has 162 valence electrons. The Balaban J connectivity index is 1.25. The molecule has 1 fully saturated rings. The number of fused-ring (bicyclic) bond motifs is 1. The highest BCUT2D eigenvalue weighted by molar-refractivity contribution is 5.51. The first kappa shape index (κ1) is 20.8. The molecule has 2 aliphatic heterocycles. The summed E-state index contributed by atoms with van der Waals surface area (Å²) in [4.78, 5) is 4.65. The van der Waals surface area contributed by atoms with E-state index in [0.717, 1.165) is 49.8 Å². The van der Waals surface area contributed by atoms with E-state index in [2.05, 4.69) is 41.8 Å². The highest BCUT2D eigenvalue weighted by atomic mass is 16.5. The summed E-state index contributed by atoms with van der Waals surface area (Å²) in [6.45, 7) is 8.70. The Labute approximate surface area is 179 Å². The zero-order chi connectivity index (χ0) is 21.1. The fourth-order valence-corrected chi connectivity index (χ4v) is 4.23. The Bertz CT molecular complexity index is 862. The third-order valence-corrected chi connectivity index (χ3v) is 5.75. The summed E-state index contributed by atoms with van der Waals surface area (Å²) in [6.07, 6.45) is 0.332. The average Bonchev–Trinajstić information content (AvgIpc) is 3.07. The van der Waals surface area contributed by atoms with Crippen molar-refractivity contribution < 1.29 is 19.3 Å². The van der Waals surface area contributed by atoms with Gasteiger partial charge in [0.2, 0.25) is 0 Å². The van der Waals surface area contributed by atoms with Gasteiger partial charge in [0.25, 0.3) is 0 Å². The number of rotatable bonds is 7. The van der Waals surface area contributed by atoms with Crippen molar-refractivity contribution in [2.75, 3.05) is 51.3 Å². The summed E-state index contributed by atoms with van der Waals surface area (Å²) in [5.74, 6) is 2.42. The van der Waals surface area contributed by atoms with Crippen LogP contribution in [0.2, 0.25) is 0 Å². The van der Waals surface area contributed by atoms with Gasteiger partial charge in [-0.25, -0.2) is 0 Å². The van der Waals surface area contributed by atoms with Gasteiger partial charge in [-0.2, -0.15) is 0 Å². The molecular weight excluding hydrogens is 380 g/mol. The minimum absolute atomic E-state index is 0.205. The Kier molecular flexibility index (Phi) is 6.06. The van der Waals surface area contributed by atoms with Crippen molar-refractivity contribution in [3.05, 3.63) is 48.0 Å². The highest BCUT2D eigenvalue weighted by Gasteiger charge is 2.32. The molecule has 6 nitrogen and oxygen atoms in total. The molecule has 0 spiro atoms. The summed E-state index contributed by atoms with van der Waals surface area (Å²) in [5, 5.41) is 10.5. The molecule has 0 bridgehead atoms. The maximum atomic E-state index is 10.5. The quantitative estimate of drug-likeness (QED) is 0.755. The first-order valence-corrected chi connectivity index (χ1v) is 10.7. The largest absolute Gasteiger partial charge is 0.497 e. The van der Waals surface area contributed by atoms with E-state index in [1.165, 1.54) is 11.3 Å². The molecule has 0 radical (unpaired) electrons. The zero-order valence-electron chi connectivity index (χ0n) is 18.1. The molecule has 2 aromatic rings. The van der Waals surface area contributed by atoms with Gasteiger partial charge in [0, 0.05) is 56.5 Å². The van der Waals surface area contributed by atoms with Gasteiger partial charge in [0.15, 0.2) is 11.5 Å². The zero-order valence-corrected chi connectivity index (χ0v) is 18.1. The lowest BCUT2D eigenvalue weighted by Crippen LogP contribution is -2.49.